The van der Waals surface area contributed by atoms with E-state index >= 15 is 0 Å². The van der Waals surface area contributed by atoms with Gasteiger partial charge in [-0.2, -0.15) is 0 Å². The van der Waals surface area contributed by atoms with Gasteiger partial charge in [-0.1, -0.05) is 32.3 Å². The van der Waals surface area contributed by atoms with Gasteiger partial charge in [-0.15, -0.1) is 0 Å². The van der Waals surface area contributed by atoms with Crippen LogP contribution in [0.2, 0.25) is 26.2 Å². The number of unbranched alkanes of at least 4 members (excludes halogenated alkanes) is 3. The van der Waals surface area contributed by atoms with Crippen LogP contribution in [0.4, 0.5) is 0 Å². The Kier molecular flexibility index (Phi) is 8.49. The van der Waals surface area contributed by atoms with Gasteiger partial charge in [0.25, 0.3) is 0 Å². The minimum Gasteiger partial charge on any atom is -0.415 e. The minimum atomic E-state index is -2.19. The van der Waals surface area contributed by atoms with E-state index < -0.39 is 17.1 Å². The van der Waals surface area contributed by atoms with Crippen molar-refractivity contribution in [3.63, 3.8) is 0 Å². The molecule has 0 amide bonds. The summed E-state index contributed by atoms with van der Waals surface area (Å²) >= 11 is 0. The fourth-order valence-electron chi connectivity index (χ4n) is 2.24. The normalized spacial score (nSPS) is 12.6. The Bertz CT molecular complexity index is 413. The van der Waals surface area contributed by atoms with E-state index in [0.29, 0.717) is 6.61 Å². The van der Waals surface area contributed by atoms with Crippen LogP contribution in [-0.4, -0.2) is 28.7 Å². The second-order valence-corrected chi connectivity index (χ2v) is 13.5. The van der Waals surface area contributed by atoms with E-state index in [4.69, 9.17) is 13.0 Å². The van der Waals surface area contributed by atoms with Crippen LogP contribution in [0, 0.1) is 0 Å². The Balaban J connectivity index is 2.34. The molecule has 1 rings (SSSR count). The summed E-state index contributed by atoms with van der Waals surface area (Å²) in [5.74, 6) is 0. The van der Waals surface area contributed by atoms with Crippen LogP contribution in [0.5, 0.6) is 0 Å². The maximum Gasteiger partial charge on any atom is 0.323 e. The van der Waals surface area contributed by atoms with Crippen molar-refractivity contribution >= 4 is 17.1 Å². The fraction of sp³-hybridized carbons (Fsp3) is 0.688. The molecular formula is C16H31NO3Si2. The van der Waals surface area contributed by atoms with Crippen LogP contribution in [0.25, 0.3) is 0 Å². The fourth-order valence-corrected chi connectivity index (χ4v) is 8.60. The van der Waals surface area contributed by atoms with E-state index in [1.54, 1.807) is 6.20 Å². The molecule has 0 aromatic carbocycles. The smallest absolute Gasteiger partial charge is 0.323 e. The van der Waals surface area contributed by atoms with Gasteiger partial charge in [0.15, 0.2) is 0 Å². The third kappa shape index (κ3) is 8.80. The molecule has 0 atom stereocenters. The summed E-state index contributed by atoms with van der Waals surface area (Å²) < 4.78 is 18.3. The second kappa shape index (κ2) is 9.57. The number of nitrogens with zero attached hydrogens (tertiary/aromatic N) is 1. The Morgan fingerprint density at radius 3 is 2.36 bits per heavy atom. The average molecular weight is 342 g/mol. The van der Waals surface area contributed by atoms with Crippen molar-refractivity contribution < 1.29 is 13.0 Å². The van der Waals surface area contributed by atoms with Gasteiger partial charge in [-0.25, -0.2) is 0 Å². The van der Waals surface area contributed by atoms with Crippen LogP contribution in [0.3, 0.4) is 0 Å². The first-order chi connectivity index (χ1) is 10.3. The number of hydrogen-bond acceptors (Lipinski definition) is 4. The molecule has 0 aliphatic rings. The molecule has 1 aromatic heterocycles. The third-order valence-electron chi connectivity index (χ3n) is 3.25. The van der Waals surface area contributed by atoms with Gasteiger partial charge in [0, 0.05) is 19.0 Å². The van der Waals surface area contributed by atoms with Gasteiger partial charge in [-0.3, -0.25) is 4.98 Å². The van der Waals surface area contributed by atoms with Crippen LogP contribution in [-0.2, 0) is 19.6 Å². The van der Waals surface area contributed by atoms with Gasteiger partial charge < -0.3 is 13.0 Å². The summed E-state index contributed by atoms with van der Waals surface area (Å²) in [5, 5.41) is 0. The molecule has 0 unspecified atom stereocenters. The molecule has 0 N–H and O–H groups in total. The maximum atomic E-state index is 6.27. The minimum absolute atomic E-state index is 0.550. The molecule has 0 saturated carbocycles. The molecule has 0 aliphatic heterocycles. The molecule has 0 spiro atoms. The zero-order chi connectivity index (χ0) is 16.5. The van der Waals surface area contributed by atoms with Gasteiger partial charge >= 0.3 is 17.1 Å². The summed E-state index contributed by atoms with van der Waals surface area (Å²) in [7, 11) is -4.30. The van der Waals surface area contributed by atoms with Gasteiger partial charge in [0.1, 0.15) is 0 Å². The highest BCUT2D eigenvalue weighted by Crippen LogP contribution is 2.18. The molecule has 0 saturated heterocycles. The molecule has 0 radical (unpaired) electrons. The summed E-state index contributed by atoms with van der Waals surface area (Å²) in [5.41, 5.74) is 1.08. The quantitative estimate of drug-likeness (QED) is 0.435. The SMILES string of the molecule is CCCCCCO[Si](C)(C)O[Si](C)(C)OCc1cccnc1. The van der Waals surface area contributed by atoms with Crippen LogP contribution in [0.15, 0.2) is 24.5 Å². The third-order valence-corrected chi connectivity index (χ3v) is 8.92. The standard InChI is InChI=1S/C16H31NO3Si2/c1-6-7-8-9-13-18-21(2,3)20-22(4,5)19-15-16-11-10-12-17-14-16/h10-12,14H,6-9,13,15H2,1-5H3. The Labute approximate surface area is 137 Å². The Morgan fingerprint density at radius 2 is 1.73 bits per heavy atom. The van der Waals surface area contributed by atoms with Crippen LogP contribution in [0.1, 0.15) is 38.2 Å². The zero-order valence-electron chi connectivity index (χ0n) is 14.7. The average Bonchev–Trinajstić information content (AvgIpc) is 2.45. The number of pyridine rings is 1. The van der Waals surface area contributed by atoms with Crippen LogP contribution < -0.4 is 0 Å². The second-order valence-electron chi connectivity index (χ2n) is 6.46. The zero-order valence-corrected chi connectivity index (χ0v) is 16.7. The van der Waals surface area contributed by atoms with Gasteiger partial charge in [-0.05, 0) is 44.2 Å². The summed E-state index contributed by atoms with van der Waals surface area (Å²) in [6.07, 6.45) is 8.48. The predicted molar refractivity (Wildman–Crippen MR) is 95.2 cm³/mol. The first kappa shape index (κ1) is 19.5. The molecule has 0 fully saturated rings. The highest BCUT2D eigenvalue weighted by atomic mass is 28.5. The molecule has 6 heteroatoms. The predicted octanol–water partition coefficient (Wildman–Crippen LogP) is 4.62. The van der Waals surface area contributed by atoms with E-state index in [1.165, 1.54) is 19.3 Å². The molecule has 1 aromatic rings. The first-order valence-electron chi connectivity index (χ1n) is 8.21. The highest BCUT2D eigenvalue weighted by molar-refractivity contribution is 6.78. The lowest BCUT2D eigenvalue weighted by Crippen LogP contribution is -2.48. The lowest BCUT2D eigenvalue weighted by atomic mass is 10.2. The number of aromatic nitrogens is 1. The van der Waals surface area contributed by atoms with Gasteiger partial charge in [0.05, 0.1) is 6.61 Å². The van der Waals surface area contributed by atoms with E-state index in [9.17, 15) is 0 Å². The van der Waals surface area contributed by atoms with Crippen molar-refractivity contribution in [3.05, 3.63) is 30.1 Å². The molecule has 1 heterocycles. The Hall–Kier alpha value is -0.536. The van der Waals surface area contributed by atoms with E-state index in [0.717, 1.165) is 18.6 Å². The Morgan fingerprint density at radius 1 is 1.00 bits per heavy atom. The van der Waals surface area contributed by atoms with Crippen molar-refractivity contribution in [2.75, 3.05) is 6.61 Å². The number of hydrogen-bond donors (Lipinski definition) is 0. The maximum absolute atomic E-state index is 6.27. The first-order valence-corrected chi connectivity index (χ1v) is 13.8. The largest absolute Gasteiger partial charge is 0.415 e. The van der Waals surface area contributed by atoms with Crippen molar-refractivity contribution in [1.29, 1.82) is 0 Å². The van der Waals surface area contributed by atoms with Crippen molar-refractivity contribution in [2.24, 2.45) is 0 Å². The van der Waals surface area contributed by atoms with E-state index in [1.807, 2.05) is 18.3 Å². The summed E-state index contributed by atoms with van der Waals surface area (Å²) in [6, 6.07) is 3.94. The molecule has 22 heavy (non-hydrogen) atoms. The highest BCUT2D eigenvalue weighted by Gasteiger charge is 2.36. The monoisotopic (exact) mass is 341 g/mol. The van der Waals surface area contributed by atoms with Crippen molar-refractivity contribution in [2.45, 2.75) is 65.4 Å². The lowest BCUT2D eigenvalue weighted by molar-refractivity contribution is 0.187. The number of rotatable bonds is 11. The summed E-state index contributed by atoms with van der Waals surface area (Å²) in [4.78, 5) is 4.10. The molecule has 0 bridgehead atoms. The molecular weight excluding hydrogens is 310 g/mol. The van der Waals surface area contributed by atoms with E-state index in [-0.39, 0.29) is 0 Å². The topological polar surface area (TPSA) is 40.6 Å². The molecule has 0 aliphatic carbocycles. The van der Waals surface area contributed by atoms with E-state index in [2.05, 4.69) is 38.1 Å². The lowest BCUT2D eigenvalue weighted by Gasteiger charge is -2.32. The van der Waals surface area contributed by atoms with Crippen molar-refractivity contribution in [3.8, 4) is 0 Å². The van der Waals surface area contributed by atoms with Crippen LogP contribution >= 0.6 is 0 Å². The molecule has 4 nitrogen and oxygen atoms in total. The van der Waals surface area contributed by atoms with Gasteiger partial charge in [0.2, 0.25) is 0 Å². The summed E-state index contributed by atoms with van der Waals surface area (Å²) in [6.45, 7) is 11.9. The molecule has 126 valence electrons. The van der Waals surface area contributed by atoms with Crippen molar-refractivity contribution in [1.82, 2.24) is 4.98 Å².